The molecule has 4 aliphatic carbocycles. The highest BCUT2D eigenvalue weighted by Crippen LogP contribution is 2.60. The normalized spacial score (nSPS) is 32.3. The molecule has 0 saturated heterocycles. The molecule has 4 bridgehead atoms. The SMILES string of the molecule is CC(Oc1ccccc1)C(=O)Nc1nc(C23CC4CC(CC(C4)C2)C3)cs1. The van der Waals surface area contributed by atoms with Crippen molar-refractivity contribution >= 4 is 22.4 Å². The summed E-state index contributed by atoms with van der Waals surface area (Å²) in [6, 6.07) is 9.45. The first-order valence-electron chi connectivity index (χ1n) is 10.1. The zero-order chi connectivity index (χ0) is 18.4. The second-order valence-electron chi connectivity index (χ2n) is 8.80. The maximum absolute atomic E-state index is 12.5. The number of aromatic nitrogens is 1. The molecule has 4 fully saturated rings. The standard InChI is InChI=1S/C22H26N2O2S/c1-14(26-18-5-3-2-4-6-18)20(25)24-21-23-19(13-27-21)22-10-15-7-16(11-22)9-17(8-15)12-22/h2-6,13-17H,7-12H2,1H3,(H,23,24,25). The van der Waals surface area contributed by atoms with E-state index in [1.165, 1.54) is 44.2 Å². The minimum absolute atomic E-state index is 0.148. The van der Waals surface area contributed by atoms with Crippen molar-refractivity contribution in [1.82, 2.24) is 4.98 Å². The first-order chi connectivity index (χ1) is 13.1. The first kappa shape index (κ1) is 17.2. The molecule has 1 N–H and O–H groups in total. The number of amides is 1. The maximum atomic E-state index is 12.5. The molecule has 1 aromatic carbocycles. The monoisotopic (exact) mass is 382 g/mol. The van der Waals surface area contributed by atoms with E-state index in [4.69, 9.17) is 9.72 Å². The summed E-state index contributed by atoms with van der Waals surface area (Å²) in [5.41, 5.74) is 1.50. The fourth-order valence-corrected chi connectivity index (χ4v) is 6.80. The van der Waals surface area contributed by atoms with E-state index in [1.54, 1.807) is 18.3 Å². The van der Waals surface area contributed by atoms with Gasteiger partial charge < -0.3 is 4.74 Å². The topological polar surface area (TPSA) is 51.2 Å². The number of carbonyl (C=O) groups excluding carboxylic acids is 1. The van der Waals surface area contributed by atoms with Gasteiger partial charge in [0.05, 0.1) is 5.69 Å². The Kier molecular flexibility index (Phi) is 4.23. The van der Waals surface area contributed by atoms with E-state index in [0.29, 0.717) is 10.9 Å². The van der Waals surface area contributed by atoms with Gasteiger partial charge in [-0.25, -0.2) is 4.98 Å². The molecule has 4 aliphatic rings. The predicted molar refractivity (Wildman–Crippen MR) is 107 cm³/mol. The Morgan fingerprint density at radius 1 is 1.15 bits per heavy atom. The molecule has 0 radical (unpaired) electrons. The van der Waals surface area contributed by atoms with Crippen molar-refractivity contribution in [3.63, 3.8) is 0 Å². The van der Waals surface area contributed by atoms with Crippen LogP contribution in [-0.2, 0) is 10.2 Å². The fraction of sp³-hybridized carbons (Fsp3) is 0.545. The molecular weight excluding hydrogens is 356 g/mol. The van der Waals surface area contributed by atoms with Crippen molar-refractivity contribution in [3.05, 3.63) is 41.4 Å². The van der Waals surface area contributed by atoms with Gasteiger partial charge in [-0.3, -0.25) is 10.1 Å². The van der Waals surface area contributed by atoms with Crippen LogP contribution in [0, 0.1) is 17.8 Å². The second-order valence-corrected chi connectivity index (χ2v) is 9.66. The minimum Gasteiger partial charge on any atom is -0.481 e. The molecule has 2 aromatic rings. The number of nitrogens with zero attached hydrogens (tertiary/aromatic N) is 1. The smallest absolute Gasteiger partial charge is 0.266 e. The number of thiazole rings is 1. The molecule has 6 rings (SSSR count). The van der Waals surface area contributed by atoms with E-state index in [0.717, 1.165) is 17.8 Å². The Bertz CT molecular complexity index is 797. The number of hydrogen-bond donors (Lipinski definition) is 1. The van der Waals surface area contributed by atoms with Gasteiger partial charge in [0.25, 0.3) is 5.91 Å². The van der Waals surface area contributed by atoms with E-state index in [2.05, 4.69) is 10.7 Å². The van der Waals surface area contributed by atoms with Crippen LogP contribution in [0.5, 0.6) is 5.75 Å². The summed E-state index contributed by atoms with van der Waals surface area (Å²) >= 11 is 1.55. The number of anilines is 1. The Labute approximate surface area is 164 Å². The van der Waals surface area contributed by atoms with E-state index < -0.39 is 6.10 Å². The van der Waals surface area contributed by atoms with Crippen molar-refractivity contribution in [2.45, 2.75) is 57.0 Å². The Hall–Kier alpha value is -1.88. The average molecular weight is 383 g/mol. The van der Waals surface area contributed by atoms with E-state index >= 15 is 0 Å². The quantitative estimate of drug-likeness (QED) is 0.790. The second kappa shape index (κ2) is 6.62. The number of rotatable bonds is 5. The maximum Gasteiger partial charge on any atom is 0.266 e. The minimum atomic E-state index is -0.556. The summed E-state index contributed by atoms with van der Waals surface area (Å²) in [5.74, 6) is 3.25. The molecule has 1 heterocycles. The third kappa shape index (κ3) is 3.27. The van der Waals surface area contributed by atoms with Gasteiger partial charge in [-0.05, 0) is 75.3 Å². The molecule has 4 saturated carbocycles. The highest BCUT2D eigenvalue weighted by atomic mass is 32.1. The van der Waals surface area contributed by atoms with Crippen LogP contribution in [0.1, 0.15) is 51.1 Å². The van der Waals surface area contributed by atoms with Crippen LogP contribution >= 0.6 is 11.3 Å². The molecule has 1 aromatic heterocycles. The lowest BCUT2D eigenvalue weighted by atomic mass is 9.49. The first-order valence-corrected chi connectivity index (χ1v) is 11.0. The van der Waals surface area contributed by atoms with Crippen LogP contribution in [0.15, 0.2) is 35.7 Å². The lowest BCUT2D eigenvalue weighted by Crippen LogP contribution is -2.48. The van der Waals surface area contributed by atoms with Crippen LogP contribution in [0.2, 0.25) is 0 Å². The van der Waals surface area contributed by atoms with Crippen molar-refractivity contribution in [2.75, 3.05) is 5.32 Å². The number of benzene rings is 1. The van der Waals surface area contributed by atoms with Crippen LogP contribution in [0.3, 0.4) is 0 Å². The van der Waals surface area contributed by atoms with E-state index in [-0.39, 0.29) is 11.3 Å². The predicted octanol–water partition coefficient (Wildman–Crippen LogP) is 5.02. The lowest BCUT2D eigenvalue weighted by molar-refractivity contribution is -0.122. The molecule has 4 nitrogen and oxygen atoms in total. The Balaban J connectivity index is 1.26. The summed E-state index contributed by atoms with van der Waals surface area (Å²) in [4.78, 5) is 17.4. The van der Waals surface area contributed by atoms with Gasteiger partial charge in [-0.1, -0.05) is 18.2 Å². The number of ether oxygens (including phenoxy) is 1. The largest absolute Gasteiger partial charge is 0.481 e. The highest BCUT2D eigenvalue weighted by molar-refractivity contribution is 7.14. The van der Waals surface area contributed by atoms with Gasteiger partial charge in [-0.2, -0.15) is 0 Å². The van der Waals surface area contributed by atoms with Gasteiger partial charge >= 0.3 is 0 Å². The molecule has 1 amide bonds. The summed E-state index contributed by atoms with van der Waals surface area (Å²) in [7, 11) is 0. The van der Waals surface area contributed by atoms with Gasteiger partial charge in [0, 0.05) is 10.8 Å². The zero-order valence-electron chi connectivity index (χ0n) is 15.7. The van der Waals surface area contributed by atoms with Crippen molar-refractivity contribution in [1.29, 1.82) is 0 Å². The summed E-state index contributed by atoms with van der Waals surface area (Å²) < 4.78 is 5.72. The van der Waals surface area contributed by atoms with Crippen molar-refractivity contribution in [3.8, 4) is 5.75 Å². The van der Waals surface area contributed by atoms with E-state index in [9.17, 15) is 4.79 Å². The number of carbonyl (C=O) groups is 1. The lowest BCUT2D eigenvalue weighted by Gasteiger charge is -2.56. The summed E-state index contributed by atoms with van der Waals surface area (Å²) in [6.45, 7) is 1.77. The molecule has 1 unspecified atom stereocenters. The van der Waals surface area contributed by atoms with Gasteiger partial charge in [0.1, 0.15) is 5.75 Å². The van der Waals surface area contributed by atoms with Crippen LogP contribution in [0.4, 0.5) is 5.13 Å². The number of nitrogens with one attached hydrogen (secondary N) is 1. The molecule has 27 heavy (non-hydrogen) atoms. The molecule has 0 aliphatic heterocycles. The van der Waals surface area contributed by atoms with Crippen molar-refractivity contribution in [2.24, 2.45) is 17.8 Å². The number of para-hydroxylation sites is 1. The molecular formula is C22H26N2O2S. The highest BCUT2D eigenvalue weighted by Gasteiger charge is 2.52. The van der Waals surface area contributed by atoms with E-state index in [1.807, 2.05) is 30.3 Å². The third-order valence-corrected chi connectivity index (χ3v) is 7.50. The average Bonchev–Trinajstić information content (AvgIpc) is 3.11. The van der Waals surface area contributed by atoms with Gasteiger partial charge in [0.15, 0.2) is 11.2 Å². The Morgan fingerprint density at radius 2 is 1.78 bits per heavy atom. The van der Waals surface area contributed by atoms with Gasteiger partial charge in [-0.15, -0.1) is 11.3 Å². The van der Waals surface area contributed by atoms with Crippen molar-refractivity contribution < 1.29 is 9.53 Å². The molecule has 1 atom stereocenters. The number of hydrogen-bond acceptors (Lipinski definition) is 4. The van der Waals surface area contributed by atoms with Crippen LogP contribution < -0.4 is 10.1 Å². The Morgan fingerprint density at radius 3 is 2.41 bits per heavy atom. The van der Waals surface area contributed by atoms with Crippen LogP contribution in [-0.4, -0.2) is 17.0 Å². The fourth-order valence-electron chi connectivity index (χ4n) is 5.96. The molecule has 0 spiro atoms. The molecule has 142 valence electrons. The van der Waals surface area contributed by atoms with Gasteiger partial charge in [0.2, 0.25) is 0 Å². The third-order valence-electron chi connectivity index (χ3n) is 6.74. The van der Waals surface area contributed by atoms with Crippen LogP contribution in [0.25, 0.3) is 0 Å². The summed E-state index contributed by atoms with van der Waals surface area (Å²) in [6.07, 6.45) is 7.63. The summed E-state index contributed by atoms with van der Waals surface area (Å²) in [5, 5.41) is 5.85. The zero-order valence-corrected chi connectivity index (χ0v) is 16.5. The molecule has 5 heteroatoms.